The van der Waals surface area contributed by atoms with E-state index in [1.54, 1.807) is 7.05 Å². The molecule has 0 aliphatic carbocycles. The van der Waals surface area contributed by atoms with Crippen LogP contribution < -0.4 is 10.9 Å². The predicted octanol–water partition coefficient (Wildman–Crippen LogP) is 2.55. The summed E-state index contributed by atoms with van der Waals surface area (Å²) in [7, 11) is 1.68. The summed E-state index contributed by atoms with van der Waals surface area (Å²) < 4.78 is 1.45. The number of thiophene rings is 1. The molecule has 1 fully saturated rings. The normalized spacial score (nSPS) is 16.3. The molecule has 0 saturated carbocycles. The molecule has 6 nitrogen and oxygen atoms in total. The van der Waals surface area contributed by atoms with Gasteiger partial charge in [0.05, 0.1) is 16.6 Å². The number of aryl methyl sites for hydroxylation is 2. The molecule has 0 atom stereocenters. The summed E-state index contributed by atoms with van der Waals surface area (Å²) in [5.74, 6) is 0.765. The molecule has 2 aromatic heterocycles. The molecule has 3 rings (SSSR count). The molecule has 3 heterocycles. The van der Waals surface area contributed by atoms with Gasteiger partial charge in [-0.3, -0.25) is 9.59 Å². The van der Waals surface area contributed by atoms with Crippen LogP contribution in [0.1, 0.15) is 47.8 Å². The van der Waals surface area contributed by atoms with E-state index >= 15 is 0 Å². The zero-order chi connectivity index (χ0) is 18.7. The van der Waals surface area contributed by atoms with Crippen LogP contribution in [0.2, 0.25) is 0 Å². The highest BCUT2D eigenvalue weighted by Gasteiger charge is 2.19. The van der Waals surface area contributed by atoms with Gasteiger partial charge in [0, 0.05) is 13.6 Å². The molecule has 0 aromatic carbocycles. The third-order valence-electron chi connectivity index (χ3n) is 5.28. The van der Waals surface area contributed by atoms with Gasteiger partial charge in [-0.05, 0) is 63.7 Å². The number of rotatable bonds is 6. The van der Waals surface area contributed by atoms with Crippen LogP contribution in [0.3, 0.4) is 0 Å². The summed E-state index contributed by atoms with van der Waals surface area (Å²) >= 11 is 1.30. The largest absolute Gasteiger partial charge is 0.351 e. The summed E-state index contributed by atoms with van der Waals surface area (Å²) in [5.41, 5.74) is 0.636. The van der Waals surface area contributed by atoms with Gasteiger partial charge in [-0.2, -0.15) is 0 Å². The minimum atomic E-state index is -0.0985. The summed E-state index contributed by atoms with van der Waals surface area (Å²) in [6.07, 6.45) is 6.18. The Morgan fingerprint density at radius 2 is 2.08 bits per heavy atom. The molecule has 0 unspecified atom stereocenters. The number of unbranched alkanes of at least 4 members (excludes halogenated alkanes) is 1. The van der Waals surface area contributed by atoms with Crippen molar-refractivity contribution in [1.29, 1.82) is 0 Å². The van der Waals surface area contributed by atoms with E-state index in [1.165, 1.54) is 48.2 Å². The van der Waals surface area contributed by atoms with E-state index in [0.29, 0.717) is 21.6 Å². The molecule has 0 spiro atoms. The second-order valence-electron chi connectivity index (χ2n) is 7.38. The number of amides is 1. The lowest BCUT2D eigenvalue weighted by Crippen LogP contribution is -2.34. The highest BCUT2D eigenvalue weighted by atomic mass is 32.1. The Balaban J connectivity index is 1.50. The van der Waals surface area contributed by atoms with Crippen LogP contribution in [0.5, 0.6) is 0 Å². The number of likely N-dealkylation sites (tertiary alicyclic amines) is 1. The van der Waals surface area contributed by atoms with E-state index in [0.717, 1.165) is 30.9 Å². The fourth-order valence-electron chi connectivity index (χ4n) is 3.45. The number of carbonyl (C=O) groups excluding carboxylic acids is 1. The van der Waals surface area contributed by atoms with Gasteiger partial charge < -0.3 is 14.8 Å². The highest BCUT2D eigenvalue weighted by Crippen LogP contribution is 2.26. The van der Waals surface area contributed by atoms with E-state index in [-0.39, 0.29) is 11.5 Å². The SMILES string of the molecule is Cc1c(C(=O)NCCCCN2CCC(C)CC2)sc2ncn(C)c(=O)c12. The van der Waals surface area contributed by atoms with E-state index in [4.69, 9.17) is 0 Å². The van der Waals surface area contributed by atoms with Crippen molar-refractivity contribution in [3.8, 4) is 0 Å². The van der Waals surface area contributed by atoms with E-state index in [9.17, 15) is 9.59 Å². The first-order valence-corrected chi connectivity index (χ1v) is 10.2. The van der Waals surface area contributed by atoms with Gasteiger partial charge in [0.25, 0.3) is 11.5 Å². The first-order chi connectivity index (χ1) is 12.5. The maximum Gasteiger partial charge on any atom is 0.262 e. The van der Waals surface area contributed by atoms with E-state index in [1.807, 2.05) is 6.92 Å². The Hall–Kier alpha value is -1.73. The smallest absolute Gasteiger partial charge is 0.262 e. The number of hydrogen-bond donors (Lipinski definition) is 1. The molecule has 26 heavy (non-hydrogen) atoms. The topological polar surface area (TPSA) is 67.2 Å². The summed E-state index contributed by atoms with van der Waals surface area (Å²) in [6, 6.07) is 0. The number of aromatic nitrogens is 2. The molecule has 1 N–H and O–H groups in total. The van der Waals surface area contributed by atoms with Gasteiger partial charge in [-0.1, -0.05) is 6.92 Å². The van der Waals surface area contributed by atoms with Crippen LogP contribution in [0.25, 0.3) is 10.2 Å². The lowest BCUT2D eigenvalue weighted by Gasteiger charge is -2.30. The van der Waals surface area contributed by atoms with Crippen LogP contribution in [0.15, 0.2) is 11.1 Å². The molecule has 1 amide bonds. The summed E-state index contributed by atoms with van der Waals surface area (Å²) in [4.78, 5) is 32.8. The van der Waals surface area contributed by atoms with Crippen molar-refractivity contribution in [2.24, 2.45) is 13.0 Å². The van der Waals surface area contributed by atoms with Crippen molar-refractivity contribution in [3.63, 3.8) is 0 Å². The molecular formula is C19H28N4O2S. The molecule has 0 radical (unpaired) electrons. The van der Waals surface area contributed by atoms with Crippen molar-refractivity contribution in [3.05, 3.63) is 27.1 Å². The zero-order valence-corrected chi connectivity index (χ0v) is 16.7. The van der Waals surface area contributed by atoms with Gasteiger partial charge >= 0.3 is 0 Å². The molecule has 0 bridgehead atoms. The number of nitrogens with one attached hydrogen (secondary N) is 1. The van der Waals surface area contributed by atoms with Crippen molar-refractivity contribution in [1.82, 2.24) is 19.8 Å². The first-order valence-electron chi connectivity index (χ1n) is 9.42. The molecular weight excluding hydrogens is 348 g/mol. The average molecular weight is 377 g/mol. The Labute approximate surface area is 158 Å². The van der Waals surface area contributed by atoms with E-state index < -0.39 is 0 Å². The Bertz CT molecular complexity index is 834. The third-order valence-corrected chi connectivity index (χ3v) is 6.48. The van der Waals surface area contributed by atoms with Crippen LogP contribution in [0.4, 0.5) is 0 Å². The number of carbonyl (C=O) groups is 1. The number of hydrogen-bond acceptors (Lipinski definition) is 5. The lowest BCUT2D eigenvalue weighted by molar-refractivity contribution is 0.0955. The minimum Gasteiger partial charge on any atom is -0.351 e. The Kier molecular flexibility index (Phi) is 6.09. The van der Waals surface area contributed by atoms with Gasteiger partial charge in [0.1, 0.15) is 4.83 Å². The van der Waals surface area contributed by atoms with Crippen LogP contribution in [-0.2, 0) is 7.05 Å². The van der Waals surface area contributed by atoms with Crippen LogP contribution >= 0.6 is 11.3 Å². The number of fused-ring (bicyclic) bond motifs is 1. The van der Waals surface area contributed by atoms with Crippen molar-refractivity contribution >= 4 is 27.5 Å². The molecule has 142 valence electrons. The molecule has 2 aromatic rings. The molecule has 1 aliphatic heterocycles. The number of nitrogens with zero attached hydrogens (tertiary/aromatic N) is 3. The fraction of sp³-hybridized carbons (Fsp3) is 0.632. The second kappa shape index (κ2) is 8.31. The van der Waals surface area contributed by atoms with Crippen molar-refractivity contribution in [2.75, 3.05) is 26.2 Å². The number of piperidine rings is 1. The van der Waals surface area contributed by atoms with Crippen molar-refractivity contribution < 1.29 is 4.79 Å². The molecule has 7 heteroatoms. The van der Waals surface area contributed by atoms with Crippen LogP contribution in [-0.4, -0.2) is 46.5 Å². The Morgan fingerprint density at radius 1 is 1.35 bits per heavy atom. The first kappa shape index (κ1) is 19.0. The minimum absolute atomic E-state index is 0.0978. The average Bonchev–Trinajstić information content (AvgIpc) is 2.97. The lowest BCUT2D eigenvalue weighted by atomic mass is 9.99. The van der Waals surface area contributed by atoms with E-state index in [2.05, 4.69) is 22.1 Å². The third kappa shape index (κ3) is 4.15. The predicted molar refractivity (Wildman–Crippen MR) is 106 cm³/mol. The van der Waals surface area contributed by atoms with Crippen LogP contribution in [0, 0.1) is 12.8 Å². The maximum absolute atomic E-state index is 12.5. The maximum atomic E-state index is 12.5. The quantitative estimate of drug-likeness (QED) is 0.787. The monoisotopic (exact) mass is 376 g/mol. The molecule has 1 aliphatic rings. The van der Waals surface area contributed by atoms with Gasteiger partial charge in [0.15, 0.2) is 0 Å². The van der Waals surface area contributed by atoms with Gasteiger partial charge in [-0.25, -0.2) is 4.98 Å². The standard InChI is InChI=1S/C19H28N4O2S/c1-13-6-10-23(11-7-13)9-5-4-8-20-17(24)16-14(2)15-18(26-16)21-12-22(3)19(15)25/h12-13H,4-11H2,1-3H3,(H,20,24). The van der Waals surface area contributed by atoms with Crippen molar-refractivity contribution in [2.45, 2.75) is 39.5 Å². The Morgan fingerprint density at radius 3 is 2.81 bits per heavy atom. The summed E-state index contributed by atoms with van der Waals surface area (Å²) in [6.45, 7) is 8.35. The fourth-order valence-corrected chi connectivity index (χ4v) is 4.51. The molecule has 1 saturated heterocycles. The zero-order valence-electron chi connectivity index (χ0n) is 15.9. The summed E-state index contributed by atoms with van der Waals surface area (Å²) in [5, 5.41) is 3.56. The van der Waals surface area contributed by atoms with Gasteiger partial charge in [-0.15, -0.1) is 11.3 Å². The second-order valence-corrected chi connectivity index (χ2v) is 8.38. The highest BCUT2D eigenvalue weighted by molar-refractivity contribution is 7.20. The van der Waals surface area contributed by atoms with Gasteiger partial charge in [0.2, 0.25) is 0 Å².